The van der Waals surface area contributed by atoms with Crippen molar-refractivity contribution in [2.45, 2.75) is 24.3 Å². The summed E-state index contributed by atoms with van der Waals surface area (Å²) in [6, 6.07) is 10.6. The lowest BCUT2D eigenvalue weighted by atomic mass is 10.00. The molecule has 0 radical (unpaired) electrons. The number of halogens is 1. The normalized spacial score (nSPS) is 15.8. The molecule has 0 bridgehead atoms. The van der Waals surface area contributed by atoms with Gasteiger partial charge in [-0.2, -0.15) is 0 Å². The van der Waals surface area contributed by atoms with E-state index in [1.165, 1.54) is 17.7 Å². The fourth-order valence-corrected chi connectivity index (χ4v) is 5.34. The molecule has 2 aromatic rings. The molecule has 2 aromatic carbocycles. The topological polar surface area (TPSA) is 92.8 Å². The first-order valence-electron chi connectivity index (χ1n) is 9.17. The van der Waals surface area contributed by atoms with Crippen molar-refractivity contribution in [3.63, 3.8) is 0 Å². The molecule has 0 atom stereocenters. The highest BCUT2D eigenvalue weighted by Crippen LogP contribution is 2.36. The van der Waals surface area contributed by atoms with Crippen molar-refractivity contribution in [3.05, 3.63) is 52.5 Å². The van der Waals surface area contributed by atoms with Gasteiger partial charge in [0.05, 0.1) is 21.4 Å². The highest BCUT2D eigenvalue weighted by Gasteiger charge is 2.27. The smallest absolute Gasteiger partial charge is 0.262 e. The molecular formula is C20H19ClN2O5S. The third-order valence-electron chi connectivity index (χ3n) is 5.07. The average molecular weight is 435 g/mol. The number of carbonyl (C=O) groups excluding carboxylic acids is 2. The molecule has 0 fully saturated rings. The molecule has 0 saturated heterocycles. The fraction of sp³-hybridized carbons (Fsp3) is 0.300. The monoisotopic (exact) mass is 434 g/mol. The zero-order valence-electron chi connectivity index (χ0n) is 15.5. The molecule has 2 aliphatic heterocycles. The van der Waals surface area contributed by atoms with Gasteiger partial charge in [-0.25, -0.2) is 8.42 Å². The summed E-state index contributed by atoms with van der Waals surface area (Å²) in [4.78, 5) is 25.6. The molecule has 0 saturated carbocycles. The second kappa shape index (κ2) is 7.68. The molecule has 2 amide bonds. The van der Waals surface area contributed by atoms with E-state index in [0.29, 0.717) is 18.8 Å². The number of hydrogen-bond acceptors (Lipinski definition) is 5. The highest BCUT2D eigenvalue weighted by atomic mass is 35.5. The molecule has 2 aliphatic rings. The average Bonchev–Trinajstić information content (AvgIpc) is 2.71. The van der Waals surface area contributed by atoms with Crippen LogP contribution in [0.2, 0.25) is 5.02 Å². The van der Waals surface area contributed by atoms with Gasteiger partial charge in [0.15, 0.2) is 16.4 Å². The molecule has 0 aliphatic carbocycles. The molecule has 4 rings (SSSR count). The van der Waals surface area contributed by atoms with Crippen LogP contribution >= 0.6 is 11.6 Å². The lowest BCUT2D eigenvalue weighted by Crippen LogP contribution is -2.36. The summed E-state index contributed by atoms with van der Waals surface area (Å²) < 4.78 is 30.9. The summed E-state index contributed by atoms with van der Waals surface area (Å²) in [7, 11) is -3.80. The summed E-state index contributed by atoms with van der Waals surface area (Å²) in [5, 5.41) is 2.56. The van der Waals surface area contributed by atoms with E-state index in [0.717, 1.165) is 12.0 Å². The van der Waals surface area contributed by atoms with Crippen LogP contribution in [0.5, 0.6) is 5.75 Å². The number of fused-ring (bicyclic) bond motifs is 2. The Labute approximate surface area is 173 Å². The Bertz CT molecular complexity index is 1100. The van der Waals surface area contributed by atoms with Crippen LogP contribution in [0, 0.1) is 0 Å². The van der Waals surface area contributed by atoms with Gasteiger partial charge in [-0.3, -0.25) is 9.59 Å². The maximum Gasteiger partial charge on any atom is 0.262 e. The SMILES string of the molecule is O=C1COc2cc(S(=O)(=O)CCC(=O)N3CCc4ccccc4C3)c(Cl)cc2N1. The van der Waals surface area contributed by atoms with Gasteiger partial charge in [0.2, 0.25) is 5.91 Å². The first-order chi connectivity index (χ1) is 13.8. The predicted octanol–water partition coefficient (Wildman–Crippen LogP) is 2.42. The van der Waals surface area contributed by atoms with E-state index >= 15 is 0 Å². The number of amides is 2. The minimum atomic E-state index is -3.80. The van der Waals surface area contributed by atoms with Gasteiger partial charge >= 0.3 is 0 Å². The Balaban J connectivity index is 1.46. The molecule has 1 N–H and O–H groups in total. The third-order valence-corrected chi connectivity index (χ3v) is 7.24. The zero-order chi connectivity index (χ0) is 20.6. The lowest BCUT2D eigenvalue weighted by Gasteiger charge is -2.29. The summed E-state index contributed by atoms with van der Waals surface area (Å²) >= 11 is 6.13. The fourth-order valence-electron chi connectivity index (χ4n) is 3.52. The standard InChI is InChI=1S/C20H19ClN2O5S/c21-15-9-16-17(28-12-19(24)22-16)10-18(15)29(26,27)8-6-20(25)23-7-5-13-3-1-2-4-14(13)11-23/h1-4,9-10H,5-8,11-12H2,(H,22,24). The lowest BCUT2D eigenvalue weighted by molar-refractivity contribution is -0.131. The minimum Gasteiger partial charge on any atom is -0.482 e. The van der Waals surface area contributed by atoms with Gasteiger partial charge in [0, 0.05) is 25.6 Å². The molecule has 0 unspecified atom stereocenters. The van der Waals surface area contributed by atoms with Crippen molar-refractivity contribution in [3.8, 4) is 5.75 Å². The Morgan fingerprint density at radius 2 is 1.97 bits per heavy atom. The van der Waals surface area contributed by atoms with Gasteiger partial charge in [-0.15, -0.1) is 0 Å². The van der Waals surface area contributed by atoms with E-state index < -0.39 is 9.84 Å². The van der Waals surface area contributed by atoms with Crippen LogP contribution in [-0.4, -0.2) is 44.0 Å². The van der Waals surface area contributed by atoms with Gasteiger partial charge in [-0.1, -0.05) is 35.9 Å². The van der Waals surface area contributed by atoms with Crippen LogP contribution in [0.1, 0.15) is 17.5 Å². The predicted molar refractivity (Wildman–Crippen MR) is 108 cm³/mol. The molecule has 152 valence electrons. The van der Waals surface area contributed by atoms with Crippen LogP contribution < -0.4 is 10.1 Å². The zero-order valence-corrected chi connectivity index (χ0v) is 17.1. The molecule has 0 spiro atoms. The maximum absolute atomic E-state index is 12.8. The van der Waals surface area contributed by atoms with Gasteiger partial charge in [-0.05, 0) is 23.6 Å². The number of anilines is 1. The summed E-state index contributed by atoms with van der Waals surface area (Å²) in [5.74, 6) is -0.653. The van der Waals surface area contributed by atoms with E-state index in [-0.39, 0.29) is 46.3 Å². The summed E-state index contributed by atoms with van der Waals surface area (Å²) in [6.07, 6.45) is 0.629. The minimum absolute atomic E-state index is 0.0195. The van der Waals surface area contributed by atoms with E-state index in [9.17, 15) is 18.0 Å². The Hall–Kier alpha value is -2.58. The molecule has 0 aromatic heterocycles. The quantitative estimate of drug-likeness (QED) is 0.797. The van der Waals surface area contributed by atoms with E-state index in [2.05, 4.69) is 5.32 Å². The first-order valence-corrected chi connectivity index (χ1v) is 11.2. The van der Waals surface area contributed by atoms with Crippen LogP contribution in [-0.2, 0) is 32.4 Å². The largest absolute Gasteiger partial charge is 0.482 e. The molecular weight excluding hydrogens is 416 g/mol. The number of ether oxygens (including phenoxy) is 1. The van der Waals surface area contributed by atoms with Crippen LogP contribution in [0.4, 0.5) is 5.69 Å². The molecule has 2 heterocycles. The van der Waals surface area contributed by atoms with Gasteiger partial charge < -0.3 is 15.0 Å². The first kappa shape index (κ1) is 19.7. The van der Waals surface area contributed by atoms with Gasteiger partial charge in [0.25, 0.3) is 5.91 Å². The second-order valence-electron chi connectivity index (χ2n) is 7.02. The van der Waals surface area contributed by atoms with Gasteiger partial charge in [0.1, 0.15) is 5.75 Å². The van der Waals surface area contributed by atoms with Crippen molar-refractivity contribution in [1.29, 1.82) is 0 Å². The second-order valence-corrected chi connectivity index (χ2v) is 9.50. The Kier molecular flexibility index (Phi) is 5.23. The number of sulfone groups is 1. The molecule has 9 heteroatoms. The van der Waals surface area contributed by atoms with Crippen LogP contribution in [0.15, 0.2) is 41.3 Å². The summed E-state index contributed by atoms with van der Waals surface area (Å²) in [6.45, 7) is 0.869. The van der Waals surface area contributed by atoms with E-state index in [1.54, 1.807) is 4.90 Å². The number of hydrogen-bond donors (Lipinski definition) is 1. The Morgan fingerprint density at radius 3 is 2.76 bits per heavy atom. The van der Waals surface area contributed by atoms with Crippen molar-refractivity contribution < 1.29 is 22.7 Å². The number of benzene rings is 2. The number of carbonyl (C=O) groups is 2. The Morgan fingerprint density at radius 1 is 1.21 bits per heavy atom. The number of nitrogens with one attached hydrogen (secondary N) is 1. The van der Waals surface area contributed by atoms with E-state index in [1.807, 2.05) is 24.3 Å². The number of nitrogens with zero attached hydrogens (tertiary/aromatic N) is 1. The van der Waals surface area contributed by atoms with Crippen molar-refractivity contribution in [2.24, 2.45) is 0 Å². The van der Waals surface area contributed by atoms with E-state index in [4.69, 9.17) is 16.3 Å². The van der Waals surface area contributed by atoms with Crippen molar-refractivity contribution in [1.82, 2.24) is 4.90 Å². The highest BCUT2D eigenvalue weighted by molar-refractivity contribution is 7.91. The van der Waals surface area contributed by atoms with Crippen LogP contribution in [0.3, 0.4) is 0 Å². The maximum atomic E-state index is 12.8. The molecule has 29 heavy (non-hydrogen) atoms. The number of rotatable bonds is 4. The van der Waals surface area contributed by atoms with Crippen LogP contribution in [0.25, 0.3) is 0 Å². The van der Waals surface area contributed by atoms with Crippen molar-refractivity contribution in [2.75, 3.05) is 24.2 Å². The molecule has 7 nitrogen and oxygen atoms in total. The van der Waals surface area contributed by atoms with Crippen molar-refractivity contribution >= 4 is 38.9 Å². The summed E-state index contributed by atoms with van der Waals surface area (Å²) in [5.41, 5.74) is 2.64. The third kappa shape index (κ3) is 4.09.